The molecule has 1 fully saturated rings. The summed E-state index contributed by atoms with van der Waals surface area (Å²) in [5, 5.41) is 2.65. The molecule has 0 atom stereocenters. The molecule has 0 spiro atoms. The fraction of sp³-hybridized carbons (Fsp3) is 0.111. The van der Waals surface area contributed by atoms with E-state index in [4.69, 9.17) is 0 Å². The minimum atomic E-state index is -0.382. The van der Waals surface area contributed by atoms with Gasteiger partial charge in [0.2, 0.25) is 0 Å². The van der Waals surface area contributed by atoms with E-state index in [0.717, 1.165) is 20.3 Å². The Morgan fingerprint density at radius 2 is 1.70 bits per heavy atom. The molecule has 0 aliphatic carbocycles. The predicted molar refractivity (Wildman–Crippen MR) is 97.4 cm³/mol. The lowest BCUT2D eigenvalue weighted by Gasteiger charge is -2.11. The number of nitrogens with one attached hydrogen (secondary N) is 1. The van der Waals surface area contributed by atoms with E-state index >= 15 is 0 Å². The lowest BCUT2D eigenvalue weighted by molar-refractivity contribution is -0.123. The van der Waals surface area contributed by atoms with E-state index in [0.29, 0.717) is 5.70 Å². The molecule has 2 aromatic carbocycles. The topological polar surface area (TPSA) is 49.4 Å². The molecule has 2 aromatic rings. The van der Waals surface area contributed by atoms with Crippen LogP contribution in [0.3, 0.4) is 0 Å². The van der Waals surface area contributed by atoms with Crippen molar-refractivity contribution in [3.63, 3.8) is 0 Å². The largest absolute Gasteiger partial charge is 0.329 e. The third kappa shape index (κ3) is 3.61. The van der Waals surface area contributed by atoms with Gasteiger partial charge in [0.05, 0.1) is 6.54 Å². The number of imide groups is 1. The van der Waals surface area contributed by atoms with Crippen molar-refractivity contribution in [3.05, 3.63) is 74.5 Å². The Morgan fingerprint density at radius 3 is 2.35 bits per heavy atom. The predicted octanol–water partition coefficient (Wildman–Crippen LogP) is 3.69. The van der Waals surface area contributed by atoms with Crippen LogP contribution in [0, 0.1) is 10.5 Å². The number of hydrogen-bond donors (Lipinski definition) is 1. The van der Waals surface area contributed by atoms with Gasteiger partial charge in [0, 0.05) is 3.57 Å². The van der Waals surface area contributed by atoms with Gasteiger partial charge in [0.15, 0.2) is 0 Å². The van der Waals surface area contributed by atoms with E-state index in [-0.39, 0.29) is 18.5 Å². The minimum Gasteiger partial charge on any atom is -0.303 e. The van der Waals surface area contributed by atoms with Crippen LogP contribution in [0.5, 0.6) is 0 Å². The number of amides is 3. The molecule has 1 aliphatic rings. The highest BCUT2D eigenvalue weighted by Gasteiger charge is 2.33. The molecule has 1 aliphatic heterocycles. The number of rotatable bonds is 3. The summed E-state index contributed by atoms with van der Waals surface area (Å²) in [6, 6.07) is 15.1. The molecule has 1 heterocycles. The van der Waals surface area contributed by atoms with Crippen LogP contribution in [0.2, 0.25) is 0 Å². The Kier molecular flexibility index (Phi) is 4.47. The third-order valence-corrected chi connectivity index (χ3v) is 4.32. The molecule has 4 nitrogen and oxygen atoms in total. The lowest BCUT2D eigenvalue weighted by atomic mass is 10.1. The molecule has 0 aromatic heterocycles. The second-order valence-corrected chi connectivity index (χ2v) is 6.66. The third-order valence-electron chi connectivity index (χ3n) is 3.60. The van der Waals surface area contributed by atoms with Crippen molar-refractivity contribution >= 4 is 40.6 Å². The van der Waals surface area contributed by atoms with Crippen LogP contribution in [-0.4, -0.2) is 16.8 Å². The van der Waals surface area contributed by atoms with Crippen LogP contribution in [-0.2, 0) is 11.3 Å². The maximum atomic E-state index is 12.4. The Labute approximate surface area is 148 Å². The molecule has 116 valence electrons. The highest BCUT2D eigenvalue weighted by Crippen LogP contribution is 2.17. The first-order valence-electron chi connectivity index (χ1n) is 7.18. The SMILES string of the molecule is Cc1ccc(CN2C(=O)N/C(=C/c3ccc(I)cc3)C2=O)cc1. The van der Waals surface area contributed by atoms with E-state index in [1.54, 1.807) is 6.08 Å². The molecule has 0 unspecified atom stereocenters. The monoisotopic (exact) mass is 418 g/mol. The Hall–Kier alpha value is -2.15. The Balaban J connectivity index is 1.79. The van der Waals surface area contributed by atoms with Crippen molar-refractivity contribution in [1.82, 2.24) is 10.2 Å². The number of halogens is 1. The van der Waals surface area contributed by atoms with E-state index in [1.165, 1.54) is 4.90 Å². The van der Waals surface area contributed by atoms with Crippen LogP contribution in [0.25, 0.3) is 6.08 Å². The van der Waals surface area contributed by atoms with Gasteiger partial charge in [-0.25, -0.2) is 4.79 Å². The molecular weight excluding hydrogens is 403 g/mol. The maximum Gasteiger partial charge on any atom is 0.329 e. The highest BCUT2D eigenvalue weighted by molar-refractivity contribution is 14.1. The van der Waals surface area contributed by atoms with Gasteiger partial charge < -0.3 is 5.32 Å². The highest BCUT2D eigenvalue weighted by atomic mass is 127. The zero-order valence-corrected chi connectivity index (χ0v) is 14.7. The standard InChI is InChI=1S/C18H15IN2O2/c1-12-2-4-14(5-3-12)11-21-17(22)16(20-18(21)23)10-13-6-8-15(19)9-7-13/h2-10H,11H2,1H3,(H,20,23)/b16-10+. The number of hydrogen-bond acceptors (Lipinski definition) is 2. The molecule has 0 saturated carbocycles. The quantitative estimate of drug-likeness (QED) is 0.470. The molecule has 0 radical (unpaired) electrons. The van der Waals surface area contributed by atoms with Crippen LogP contribution in [0.1, 0.15) is 16.7 Å². The van der Waals surface area contributed by atoms with E-state index < -0.39 is 0 Å². The van der Waals surface area contributed by atoms with Gasteiger partial charge in [0.25, 0.3) is 5.91 Å². The minimum absolute atomic E-state index is 0.273. The van der Waals surface area contributed by atoms with Crippen molar-refractivity contribution in [1.29, 1.82) is 0 Å². The van der Waals surface area contributed by atoms with Gasteiger partial charge in [-0.1, -0.05) is 42.0 Å². The molecule has 0 bridgehead atoms. The smallest absolute Gasteiger partial charge is 0.303 e. The molecule has 1 N–H and O–H groups in total. The normalized spacial score (nSPS) is 16.1. The second-order valence-electron chi connectivity index (χ2n) is 5.42. The molecule has 3 amide bonds. The second kappa shape index (κ2) is 6.54. The number of carbonyl (C=O) groups excluding carboxylic acids is 2. The summed E-state index contributed by atoms with van der Waals surface area (Å²) in [7, 11) is 0. The van der Waals surface area contributed by atoms with Gasteiger partial charge in [0.1, 0.15) is 5.70 Å². The molecule has 1 saturated heterocycles. The first-order chi connectivity index (χ1) is 11.0. The maximum absolute atomic E-state index is 12.4. The molecular formula is C18H15IN2O2. The van der Waals surface area contributed by atoms with Crippen molar-refractivity contribution < 1.29 is 9.59 Å². The molecule has 3 rings (SSSR count). The summed E-state index contributed by atoms with van der Waals surface area (Å²) in [5.41, 5.74) is 3.26. The van der Waals surface area contributed by atoms with Crippen molar-refractivity contribution in [2.24, 2.45) is 0 Å². The Morgan fingerprint density at radius 1 is 1.04 bits per heavy atom. The van der Waals surface area contributed by atoms with Gasteiger partial charge in [-0.2, -0.15) is 0 Å². The molecule has 5 heteroatoms. The van der Waals surface area contributed by atoms with E-state index in [2.05, 4.69) is 27.9 Å². The van der Waals surface area contributed by atoms with Gasteiger partial charge >= 0.3 is 6.03 Å². The summed E-state index contributed by atoms with van der Waals surface area (Å²) >= 11 is 2.22. The zero-order chi connectivity index (χ0) is 16.4. The van der Waals surface area contributed by atoms with Crippen LogP contribution >= 0.6 is 22.6 Å². The lowest BCUT2D eigenvalue weighted by Crippen LogP contribution is -2.30. The Bertz CT molecular complexity index is 780. The summed E-state index contributed by atoms with van der Waals surface area (Å²) < 4.78 is 1.12. The summed E-state index contributed by atoms with van der Waals surface area (Å²) in [6.07, 6.45) is 1.70. The van der Waals surface area contributed by atoms with E-state index in [9.17, 15) is 9.59 Å². The van der Waals surface area contributed by atoms with Crippen LogP contribution in [0.15, 0.2) is 54.2 Å². The van der Waals surface area contributed by atoms with Gasteiger partial charge in [-0.15, -0.1) is 0 Å². The fourth-order valence-electron chi connectivity index (χ4n) is 2.32. The summed E-state index contributed by atoms with van der Waals surface area (Å²) in [6.45, 7) is 2.27. The average Bonchev–Trinajstić information content (AvgIpc) is 2.79. The fourth-order valence-corrected chi connectivity index (χ4v) is 2.68. The number of aryl methyl sites for hydroxylation is 1. The summed E-state index contributed by atoms with van der Waals surface area (Å²) in [5.74, 6) is -0.297. The zero-order valence-electron chi connectivity index (χ0n) is 12.5. The average molecular weight is 418 g/mol. The van der Waals surface area contributed by atoms with Crippen molar-refractivity contribution in [2.75, 3.05) is 0 Å². The number of carbonyl (C=O) groups is 2. The molecule has 23 heavy (non-hydrogen) atoms. The number of nitrogens with zero attached hydrogens (tertiary/aromatic N) is 1. The summed E-state index contributed by atoms with van der Waals surface area (Å²) in [4.78, 5) is 25.7. The van der Waals surface area contributed by atoms with E-state index in [1.807, 2.05) is 55.5 Å². The van der Waals surface area contributed by atoms with Crippen molar-refractivity contribution in [3.8, 4) is 0 Å². The van der Waals surface area contributed by atoms with Crippen molar-refractivity contribution in [2.45, 2.75) is 13.5 Å². The van der Waals surface area contributed by atoms with Crippen LogP contribution < -0.4 is 5.32 Å². The number of urea groups is 1. The van der Waals surface area contributed by atoms with Gasteiger partial charge in [-0.05, 0) is 58.9 Å². The number of benzene rings is 2. The first kappa shape index (κ1) is 15.7. The van der Waals surface area contributed by atoms with Gasteiger partial charge in [-0.3, -0.25) is 9.69 Å². The van der Waals surface area contributed by atoms with Crippen LogP contribution in [0.4, 0.5) is 4.79 Å². The first-order valence-corrected chi connectivity index (χ1v) is 8.26.